The van der Waals surface area contributed by atoms with Crippen molar-refractivity contribution in [1.29, 1.82) is 0 Å². The number of carbonyl (C=O) groups excluding carboxylic acids is 1. The quantitative estimate of drug-likeness (QED) is 0.839. The van der Waals surface area contributed by atoms with Gasteiger partial charge >= 0.3 is 6.18 Å². The minimum absolute atomic E-state index is 0.100. The highest BCUT2D eigenvalue weighted by Gasteiger charge is 2.26. The molecule has 0 bridgehead atoms. The normalized spacial score (nSPS) is 11.2. The number of nitrogens with zero attached hydrogens (tertiary/aromatic N) is 1. The van der Waals surface area contributed by atoms with Crippen LogP contribution in [-0.2, 0) is 0 Å². The molecule has 0 aliphatic carbocycles. The van der Waals surface area contributed by atoms with Crippen molar-refractivity contribution < 1.29 is 18.0 Å². The van der Waals surface area contributed by atoms with Crippen molar-refractivity contribution in [2.45, 2.75) is 25.9 Å². The number of hydrogen-bond donors (Lipinski definition) is 2. The standard InChI is InChI=1S/C12H16F3N3O/c1-2-7-16-10-5-3-4-9(18-10)11(19)17-8-6-12(13,14)15/h3-5H,2,6-8H2,1H3,(H,16,18)(H,17,19). The van der Waals surface area contributed by atoms with Gasteiger partial charge in [0.15, 0.2) is 0 Å². The number of nitrogens with one attached hydrogen (secondary N) is 2. The maximum Gasteiger partial charge on any atom is 0.390 e. The van der Waals surface area contributed by atoms with Crippen LogP contribution in [0.5, 0.6) is 0 Å². The molecular weight excluding hydrogens is 259 g/mol. The van der Waals surface area contributed by atoms with E-state index in [0.29, 0.717) is 12.4 Å². The van der Waals surface area contributed by atoms with Crippen LogP contribution in [0, 0.1) is 0 Å². The van der Waals surface area contributed by atoms with Gasteiger partial charge in [0.1, 0.15) is 11.5 Å². The molecule has 0 radical (unpaired) electrons. The van der Waals surface area contributed by atoms with Gasteiger partial charge < -0.3 is 10.6 Å². The SMILES string of the molecule is CCCNc1cccc(C(=O)NCCC(F)(F)F)n1. The van der Waals surface area contributed by atoms with Crippen molar-refractivity contribution in [3.63, 3.8) is 0 Å². The van der Waals surface area contributed by atoms with Crippen LogP contribution in [0.25, 0.3) is 0 Å². The van der Waals surface area contributed by atoms with Crippen LogP contribution in [-0.4, -0.2) is 30.2 Å². The number of halogens is 3. The minimum Gasteiger partial charge on any atom is -0.370 e. The molecule has 0 fully saturated rings. The van der Waals surface area contributed by atoms with Gasteiger partial charge in [0, 0.05) is 13.1 Å². The molecule has 0 aliphatic rings. The molecule has 0 aromatic carbocycles. The predicted molar refractivity (Wildman–Crippen MR) is 66.0 cm³/mol. The Kier molecular flexibility index (Phi) is 5.59. The molecule has 0 aliphatic heterocycles. The van der Waals surface area contributed by atoms with Gasteiger partial charge in [-0.05, 0) is 18.6 Å². The zero-order valence-electron chi connectivity index (χ0n) is 10.5. The summed E-state index contributed by atoms with van der Waals surface area (Å²) in [5.74, 6) is -0.0743. The second-order valence-corrected chi connectivity index (χ2v) is 3.96. The van der Waals surface area contributed by atoms with E-state index >= 15 is 0 Å². The maximum atomic E-state index is 11.9. The van der Waals surface area contributed by atoms with Gasteiger partial charge in [0.05, 0.1) is 6.42 Å². The molecule has 106 valence electrons. The van der Waals surface area contributed by atoms with Gasteiger partial charge in [0.25, 0.3) is 5.91 Å². The number of aromatic nitrogens is 1. The van der Waals surface area contributed by atoms with E-state index in [4.69, 9.17) is 0 Å². The first kappa shape index (κ1) is 15.3. The van der Waals surface area contributed by atoms with Gasteiger partial charge in [-0.1, -0.05) is 13.0 Å². The number of amides is 1. The number of rotatable bonds is 6. The Morgan fingerprint density at radius 3 is 2.68 bits per heavy atom. The van der Waals surface area contributed by atoms with Crippen LogP contribution >= 0.6 is 0 Å². The minimum atomic E-state index is -4.27. The monoisotopic (exact) mass is 275 g/mol. The predicted octanol–water partition coefficient (Wildman–Crippen LogP) is 2.59. The first-order chi connectivity index (χ1) is 8.92. The van der Waals surface area contributed by atoms with Crippen LogP contribution < -0.4 is 10.6 Å². The molecular formula is C12H16F3N3O. The highest BCUT2D eigenvalue weighted by molar-refractivity contribution is 5.92. The van der Waals surface area contributed by atoms with Gasteiger partial charge in [0.2, 0.25) is 0 Å². The van der Waals surface area contributed by atoms with Crippen molar-refractivity contribution in [1.82, 2.24) is 10.3 Å². The molecule has 1 aromatic rings. The summed E-state index contributed by atoms with van der Waals surface area (Å²) >= 11 is 0. The number of hydrogen-bond acceptors (Lipinski definition) is 3. The molecule has 1 amide bonds. The van der Waals surface area contributed by atoms with E-state index in [1.807, 2.05) is 6.92 Å². The summed E-state index contributed by atoms with van der Waals surface area (Å²) in [7, 11) is 0. The summed E-state index contributed by atoms with van der Waals surface area (Å²) in [6, 6.07) is 4.78. The molecule has 1 aromatic heterocycles. The molecule has 0 unspecified atom stereocenters. The molecule has 7 heteroatoms. The molecule has 4 nitrogen and oxygen atoms in total. The van der Waals surface area contributed by atoms with E-state index in [9.17, 15) is 18.0 Å². The molecule has 0 saturated heterocycles. The summed E-state index contributed by atoms with van der Waals surface area (Å²) in [4.78, 5) is 15.6. The topological polar surface area (TPSA) is 54.0 Å². The van der Waals surface area contributed by atoms with Crippen molar-refractivity contribution >= 4 is 11.7 Å². The van der Waals surface area contributed by atoms with Crippen LogP contribution in [0.2, 0.25) is 0 Å². The average Bonchev–Trinajstić information content (AvgIpc) is 2.35. The lowest BCUT2D eigenvalue weighted by Crippen LogP contribution is -2.28. The Bertz CT molecular complexity index is 421. The third-order valence-corrected chi connectivity index (χ3v) is 2.23. The molecule has 2 N–H and O–H groups in total. The first-order valence-electron chi connectivity index (χ1n) is 5.98. The molecule has 0 atom stereocenters. The summed E-state index contributed by atoms with van der Waals surface area (Å²) in [5, 5.41) is 5.19. The van der Waals surface area contributed by atoms with E-state index in [-0.39, 0.29) is 5.69 Å². The van der Waals surface area contributed by atoms with Gasteiger partial charge in [-0.15, -0.1) is 0 Å². The summed E-state index contributed by atoms with van der Waals surface area (Å²) in [6.07, 6.45) is -4.42. The number of alkyl halides is 3. The van der Waals surface area contributed by atoms with Crippen molar-refractivity contribution in [2.75, 3.05) is 18.4 Å². The second kappa shape index (κ2) is 6.96. The van der Waals surface area contributed by atoms with Crippen molar-refractivity contribution in [2.24, 2.45) is 0 Å². The van der Waals surface area contributed by atoms with E-state index < -0.39 is 25.0 Å². The van der Waals surface area contributed by atoms with E-state index in [2.05, 4.69) is 15.6 Å². The molecule has 1 heterocycles. The Balaban J connectivity index is 2.52. The Morgan fingerprint density at radius 1 is 1.32 bits per heavy atom. The van der Waals surface area contributed by atoms with E-state index in [0.717, 1.165) is 6.42 Å². The number of anilines is 1. The fraction of sp³-hybridized carbons (Fsp3) is 0.500. The third kappa shape index (κ3) is 6.08. The van der Waals surface area contributed by atoms with Crippen LogP contribution in [0.15, 0.2) is 18.2 Å². The van der Waals surface area contributed by atoms with E-state index in [1.54, 1.807) is 12.1 Å². The summed E-state index contributed by atoms with van der Waals surface area (Å²) in [5.41, 5.74) is 0.100. The van der Waals surface area contributed by atoms with Crippen LogP contribution in [0.3, 0.4) is 0 Å². The zero-order chi connectivity index (χ0) is 14.3. The van der Waals surface area contributed by atoms with Gasteiger partial charge in [-0.25, -0.2) is 4.98 Å². The van der Waals surface area contributed by atoms with Gasteiger partial charge in [-0.2, -0.15) is 13.2 Å². The van der Waals surface area contributed by atoms with Crippen LogP contribution in [0.4, 0.5) is 19.0 Å². The lowest BCUT2D eigenvalue weighted by atomic mass is 10.3. The molecule has 0 spiro atoms. The smallest absolute Gasteiger partial charge is 0.370 e. The highest BCUT2D eigenvalue weighted by atomic mass is 19.4. The van der Waals surface area contributed by atoms with E-state index in [1.165, 1.54) is 6.07 Å². The Hall–Kier alpha value is -1.79. The van der Waals surface area contributed by atoms with Crippen LogP contribution in [0.1, 0.15) is 30.3 Å². The average molecular weight is 275 g/mol. The molecule has 0 saturated carbocycles. The van der Waals surface area contributed by atoms with Crippen molar-refractivity contribution in [3.05, 3.63) is 23.9 Å². The number of pyridine rings is 1. The lowest BCUT2D eigenvalue weighted by Gasteiger charge is -2.08. The Morgan fingerprint density at radius 2 is 2.05 bits per heavy atom. The fourth-order valence-corrected chi connectivity index (χ4v) is 1.32. The lowest BCUT2D eigenvalue weighted by molar-refractivity contribution is -0.132. The fourth-order valence-electron chi connectivity index (χ4n) is 1.32. The molecule has 19 heavy (non-hydrogen) atoms. The summed E-state index contributed by atoms with van der Waals surface area (Å²) in [6.45, 7) is 2.25. The zero-order valence-corrected chi connectivity index (χ0v) is 10.5. The van der Waals surface area contributed by atoms with Gasteiger partial charge in [-0.3, -0.25) is 4.79 Å². The number of carbonyl (C=O) groups is 1. The maximum absolute atomic E-state index is 11.9. The largest absolute Gasteiger partial charge is 0.390 e. The molecule has 1 rings (SSSR count). The third-order valence-electron chi connectivity index (χ3n) is 2.23. The first-order valence-corrected chi connectivity index (χ1v) is 5.98. The van der Waals surface area contributed by atoms with Crippen molar-refractivity contribution in [3.8, 4) is 0 Å². The Labute approximate surface area is 109 Å². The second-order valence-electron chi connectivity index (χ2n) is 3.96. The highest BCUT2D eigenvalue weighted by Crippen LogP contribution is 2.18. The summed E-state index contributed by atoms with van der Waals surface area (Å²) < 4.78 is 35.8.